The van der Waals surface area contributed by atoms with Gasteiger partial charge in [-0.1, -0.05) is 55.0 Å². The Morgan fingerprint density at radius 2 is 2.00 bits per heavy atom. The van der Waals surface area contributed by atoms with Gasteiger partial charge in [0.05, 0.1) is 23.1 Å². The first-order chi connectivity index (χ1) is 9.11. The lowest BCUT2D eigenvalue weighted by Gasteiger charge is -2.19. The molecule has 1 unspecified atom stereocenters. The van der Waals surface area contributed by atoms with E-state index in [1.54, 1.807) is 12.1 Å². The first-order valence-electron chi connectivity index (χ1n) is 6.64. The summed E-state index contributed by atoms with van der Waals surface area (Å²) in [6, 6.07) is 5.38. The number of halogens is 2. The van der Waals surface area contributed by atoms with Gasteiger partial charge in [-0.05, 0) is 30.0 Å². The van der Waals surface area contributed by atoms with E-state index in [2.05, 4.69) is 0 Å². The summed E-state index contributed by atoms with van der Waals surface area (Å²) in [5.41, 5.74) is 0.896. The molecule has 0 heterocycles. The van der Waals surface area contributed by atoms with Crippen LogP contribution in [0.5, 0.6) is 0 Å². The zero-order valence-electron chi connectivity index (χ0n) is 11.0. The molecule has 2 rings (SSSR count). The third-order valence-corrected chi connectivity index (χ3v) is 4.61. The molecule has 1 atom stereocenters. The van der Waals surface area contributed by atoms with Crippen LogP contribution >= 0.6 is 23.2 Å². The number of rotatable bonds is 4. The lowest BCUT2D eigenvalue weighted by molar-refractivity contribution is -0.142. The maximum absolute atomic E-state index is 12.0. The zero-order valence-corrected chi connectivity index (χ0v) is 12.5. The van der Waals surface area contributed by atoms with Gasteiger partial charge in [-0.3, -0.25) is 4.79 Å². The molecule has 1 aromatic carbocycles. The van der Waals surface area contributed by atoms with Crippen LogP contribution < -0.4 is 0 Å². The molecule has 2 nitrogen and oxygen atoms in total. The predicted octanol–water partition coefficient (Wildman–Crippen LogP) is 4.83. The average molecular weight is 301 g/mol. The zero-order chi connectivity index (χ0) is 13.8. The van der Waals surface area contributed by atoms with Crippen molar-refractivity contribution in [2.45, 2.75) is 38.0 Å². The first-order valence-corrected chi connectivity index (χ1v) is 7.40. The fraction of sp³-hybridized carbons (Fsp3) is 0.533. The molecule has 1 aliphatic carbocycles. The second-order valence-corrected chi connectivity index (χ2v) is 5.95. The first kappa shape index (κ1) is 14.7. The maximum atomic E-state index is 12.0. The van der Waals surface area contributed by atoms with E-state index in [1.807, 2.05) is 6.07 Å². The van der Waals surface area contributed by atoms with Gasteiger partial charge in [-0.15, -0.1) is 0 Å². The largest absolute Gasteiger partial charge is 0.469 e. The summed E-state index contributed by atoms with van der Waals surface area (Å²) in [6.45, 7) is 0. The minimum atomic E-state index is -0.233. The summed E-state index contributed by atoms with van der Waals surface area (Å²) < 4.78 is 4.93. The molecule has 4 heteroatoms. The van der Waals surface area contributed by atoms with Crippen molar-refractivity contribution in [2.75, 3.05) is 7.11 Å². The highest BCUT2D eigenvalue weighted by Gasteiger charge is 2.27. The lowest BCUT2D eigenvalue weighted by atomic mass is 9.88. The van der Waals surface area contributed by atoms with Crippen LogP contribution in [0.3, 0.4) is 0 Å². The number of benzene rings is 1. The highest BCUT2D eigenvalue weighted by Crippen LogP contribution is 2.36. The molecule has 0 radical (unpaired) electrons. The highest BCUT2D eigenvalue weighted by atomic mass is 35.5. The number of esters is 1. The van der Waals surface area contributed by atoms with Crippen molar-refractivity contribution in [2.24, 2.45) is 5.92 Å². The Hall–Kier alpha value is -0.730. The fourth-order valence-electron chi connectivity index (χ4n) is 2.82. The van der Waals surface area contributed by atoms with Crippen molar-refractivity contribution in [1.29, 1.82) is 0 Å². The Bertz CT molecular complexity index is 453. The number of hydrogen-bond donors (Lipinski definition) is 0. The molecule has 104 valence electrons. The van der Waals surface area contributed by atoms with Crippen molar-refractivity contribution in [3.05, 3.63) is 33.8 Å². The van der Waals surface area contributed by atoms with Crippen LogP contribution in [0.4, 0.5) is 0 Å². The average Bonchev–Trinajstić information content (AvgIpc) is 2.91. The van der Waals surface area contributed by atoms with Crippen LogP contribution in [-0.4, -0.2) is 13.1 Å². The third kappa shape index (κ3) is 3.64. The van der Waals surface area contributed by atoms with Crippen LogP contribution in [0.15, 0.2) is 18.2 Å². The minimum absolute atomic E-state index is 0.190. The van der Waals surface area contributed by atoms with E-state index in [1.165, 1.54) is 32.8 Å². The molecule has 0 aliphatic heterocycles. The van der Waals surface area contributed by atoms with Crippen molar-refractivity contribution < 1.29 is 9.53 Å². The van der Waals surface area contributed by atoms with Gasteiger partial charge in [-0.25, -0.2) is 0 Å². The van der Waals surface area contributed by atoms with Crippen LogP contribution in [0.1, 0.15) is 43.6 Å². The minimum Gasteiger partial charge on any atom is -0.469 e. The van der Waals surface area contributed by atoms with Gasteiger partial charge in [0.1, 0.15) is 0 Å². The smallest absolute Gasteiger partial charge is 0.313 e. The van der Waals surface area contributed by atoms with Gasteiger partial charge in [0, 0.05) is 0 Å². The Morgan fingerprint density at radius 3 is 2.58 bits per heavy atom. The highest BCUT2D eigenvalue weighted by molar-refractivity contribution is 6.42. The van der Waals surface area contributed by atoms with Gasteiger partial charge < -0.3 is 4.74 Å². The van der Waals surface area contributed by atoms with E-state index < -0.39 is 0 Å². The third-order valence-electron chi connectivity index (χ3n) is 3.88. The molecular formula is C15H18Cl2O2. The van der Waals surface area contributed by atoms with Crippen LogP contribution in [0.2, 0.25) is 10.0 Å². The predicted molar refractivity (Wildman–Crippen MR) is 77.8 cm³/mol. The Kier molecular flexibility index (Phi) is 5.12. The molecule has 0 saturated heterocycles. The Morgan fingerprint density at radius 1 is 1.32 bits per heavy atom. The summed E-state index contributed by atoms with van der Waals surface area (Å²) in [5, 5.41) is 0.995. The topological polar surface area (TPSA) is 26.3 Å². The fourth-order valence-corrected chi connectivity index (χ4v) is 3.13. The summed E-state index contributed by atoms with van der Waals surface area (Å²) >= 11 is 12.0. The van der Waals surface area contributed by atoms with Crippen molar-refractivity contribution in [1.82, 2.24) is 0 Å². The second-order valence-electron chi connectivity index (χ2n) is 5.14. The van der Waals surface area contributed by atoms with E-state index in [4.69, 9.17) is 27.9 Å². The molecule has 1 aliphatic rings. The number of carbonyl (C=O) groups excluding carboxylic acids is 1. The lowest BCUT2D eigenvalue weighted by Crippen LogP contribution is -2.17. The van der Waals surface area contributed by atoms with Crippen molar-refractivity contribution in [3.63, 3.8) is 0 Å². The van der Waals surface area contributed by atoms with E-state index in [0.29, 0.717) is 16.0 Å². The summed E-state index contributed by atoms with van der Waals surface area (Å²) in [5.74, 6) is 0.187. The van der Waals surface area contributed by atoms with Gasteiger partial charge in [-0.2, -0.15) is 0 Å². The van der Waals surface area contributed by atoms with Gasteiger partial charge in [0.25, 0.3) is 0 Å². The van der Waals surface area contributed by atoms with Crippen molar-refractivity contribution in [3.8, 4) is 0 Å². The molecule has 0 amide bonds. The van der Waals surface area contributed by atoms with E-state index >= 15 is 0 Å². The second kappa shape index (κ2) is 6.62. The SMILES string of the molecule is COC(=O)C(CC1CCCC1)c1ccc(Cl)c(Cl)c1. The molecule has 1 saturated carbocycles. The number of hydrogen-bond acceptors (Lipinski definition) is 2. The quantitative estimate of drug-likeness (QED) is 0.744. The standard InChI is InChI=1S/C15H18Cl2O2/c1-19-15(18)12(8-10-4-2-3-5-10)11-6-7-13(16)14(17)9-11/h6-7,9-10,12H,2-5,8H2,1H3. The van der Waals surface area contributed by atoms with E-state index in [-0.39, 0.29) is 11.9 Å². The molecule has 0 N–H and O–H groups in total. The van der Waals surface area contributed by atoms with Crippen LogP contribution in [-0.2, 0) is 9.53 Å². The molecule has 1 aromatic rings. The number of carbonyl (C=O) groups is 1. The molecule has 0 aromatic heterocycles. The summed E-state index contributed by atoms with van der Waals surface area (Å²) in [6.07, 6.45) is 5.77. The maximum Gasteiger partial charge on any atom is 0.313 e. The summed E-state index contributed by atoms with van der Waals surface area (Å²) in [7, 11) is 1.43. The summed E-state index contributed by atoms with van der Waals surface area (Å²) in [4.78, 5) is 12.0. The van der Waals surface area contributed by atoms with E-state index in [0.717, 1.165) is 12.0 Å². The molecule has 19 heavy (non-hydrogen) atoms. The van der Waals surface area contributed by atoms with E-state index in [9.17, 15) is 4.79 Å². The normalized spacial score (nSPS) is 17.4. The Balaban J connectivity index is 2.20. The van der Waals surface area contributed by atoms with Gasteiger partial charge in [0.2, 0.25) is 0 Å². The number of ether oxygens (including phenoxy) is 1. The molecular weight excluding hydrogens is 283 g/mol. The van der Waals surface area contributed by atoms with Gasteiger partial charge >= 0.3 is 5.97 Å². The van der Waals surface area contributed by atoms with Crippen LogP contribution in [0.25, 0.3) is 0 Å². The molecule has 0 spiro atoms. The molecule has 0 bridgehead atoms. The van der Waals surface area contributed by atoms with Gasteiger partial charge in [0.15, 0.2) is 0 Å². The Labute approximate surface area is 124 Å². The van der Waals surface area contributed by atoms with Crippen molar-refractivity contribution >= 4 is 29.2 Å². The van der Waals surface area contributed by atoms with Crippen LogP contribution in [0, 0.1) is 5.92 Å². The molecule has 1 fully saturated rings. The number of methoxy groups -OCH3 is 1. The monoisotopic (exact) mass is 300 g/mol.